The molecule has 2 rings (SSSR count). The Balaban J connectivity index is 2.07. The molecule has 3 heteroatoms. The molecule has 1 aromatic rings. The van der Waals surface area contributed by atoms with Crippen LogP contribution in [0.3, 0.4) is 0 Å². The summed E-state index contributed by atoms with van der Waals surface area (Å²) in [5.74, 6) is 0.393. The molecule has 1 aliphatic rings. The third kappa shape index (κ3) is 3.49. The standard InChI is InChI=1S/C16H24N2O/c1-18(15-12-8-7-11-14(15)17)16(19)13-9-5-3-2-4-6-10-13/h7-8,11-13H,2-6,9-10,17H2,1H3. The highest BCUT2D eigenvalue weighted by molar-refractivity contribution is 5.97. The number of carbonyl (C=O) groups excluding carboxylic acids is 1. The normalized spacial score (nSPS) is 17.5. The Kier molecular flexibility index (Phi) is 4.83. The summed E-state index contributed by atoms with van der Waals surface area (Å²) in [6, 6.07) is 7.58. The van der Waals surface area contributed by atoms with Gasteiger partial charge in [0.2, 0.25) is 5.91 Å². The lowest BCUT2D eigenvalue weighted by Gasteiger charge is -2.26. The van der Waals surface area contributed by atoms with E-state index in [9.17, 15) is 4.79 Å². The highest BCUT2D eigenvalue weighted by atomic mass is 16.2. The summed E-state index contributed by atoms with van der Waals surface area (Å²) >= 11 is 0. The predicted octanol–water partition coefficient (Wildman–Crippen LogP) is 3.59. The van der Waals surface area contributed by atoms with Crippen molar-refractivity contribution in [2.24, 2.45) is 5.92 Å². The van der Waals surface area contributed by atoms with E-state index in [1.807, 2.05) is 31.3 Å². The summed E-state index contributed by atoms with van der Waals surface area (Å²) in [7, 11) is 1.84. The van der Waals surface area contributed by atoms with E-state index in [2.05, 4.69) is 0 Å². The molecule has 0 heterocycles. The fourth-order valence-corrected chi connectivity index (χ4v) is 2.89. The summed E-state index contributed by atoms with van der Waals surface area (Å²) in [6.45, 7) is 0. The van der Waals surface area contributed by atoms with E-state index >= 15 is 0 Å². The number of para-hydroxylation sites is 2. The summed E-state index contributed by atoms with van der Waals surface area (Å²) in [6.07, 6.45) is 8.25. The van der Waals surface area contributed by atoms with Crippen LogP contribution >= 0.6 is 0 Å². The lowest BCUT2D eigenvalue weighted by atomic mass is 9.90. The van der Waals surface area contributed by atoms with Crippen LogP contribution in [-0.2, 0) is 4.79 Å². The number of rotatable bonds is 2. The minimum atomic E-state index is 0.171. The highest BCUT2D eigenvalue weighted by Crippen LogP contribution is 2.27. The molecule has 0 radical (unpaired) electrons. The van der Waals surface area contributed by atoms with Crippen molar-refractivity contribution in [2.75, 3.05) is 17.7 Å². The first-order valence-corrected chi connectivity index (χ1v) is 7.32. The lowest BCUT2D eigenvalue weighted by molar-refractivity contribution is -0.122. The smallest absolute Gasteiger partial charge is 0.229 e. The molecule has 19 heavy (non-hydrogen) atoms. The van der Waals surface area contributed by atoms with Crippen molar-refractivity contribution in [2.45, 2.75) is 44.9 Å². The zero-order valence-electron chi connectivity index (χ0n) is 11.8. The van der Waals surface area contributed by atoms with Gasteiger partial charge in [0.15, 0.2) is 0 Å². The first kappa shape index (κ1) is 13.9. The second-order valence-corrected chi connectivity index (χ2v) is 5.50. The quantitative estimate of drug-likeness (QED) is 0.826. The van der Waals surface area contributed by atoms with Crippen LogP contribution in [0.2, 0.25) is 0 Å². The Morgan fingerprint density at radius 3 is 2.32 bits per heavy atom. The van der Waals surface area contributed by atoms with Crippen molar-refractivity contribution < 1.29 is 4.79 Å². The first-order chi connectivity index (χ1) is 9.20. The number of nitrogens with two attached hydrogens (primary N) is 1. The van der Waals surface area contributed by atoms with Crippen LogP contribution in [0.4, 0.5) is 11.4 Å². The van der Waals surface area contributed by atoms with E-state index in [4.69, 9.17) is 5.73 Å². The molecule has 1 aromatic carbocycles. The molecule has 3 nitrogen and oxygen atoms in total. The number of nitrogen functional groups attached to an aromatic ring is 1. The number of amides is 1. The third-order valence-corrected chi connectivity index (χ3v) is 4.08. The van der Waals surface area contributed by atoms with Gasteiger partial charge in [-0.1, -0.05) is 44.2 Å². The summed E-state index contributed by atoms with van der Waals surface area (Å²) in [5.41, 5.74) is 7.45. The SMILES string of the molecule is CN(C(=O)C1CCCCCCC1)c1ccccc1N. The summed E-state index contributed by atoms with van der Waals surface area (Å²) in [4.78, 5) is 14.3. The van der Waals surface area contributed by atoms with Crippen molar-refractivity contribution in [1.82, 2.24) is 0 Å². The van der Waals surface area contributed by atoms with Crippen LogP contribution in [0.1, 0.15) is 44.9 Å². The van der Waals surface area contributed by atoms with Crippen LogP contribution in [0.15, 0.2) is 24.3 Å². The molecular weight excluding hydrogens is 236 g/mol. The molecule has 0 aromatic heterocycles. The van der Waals surface area contributed by atoms with E-state index in [0.29, 0.717) is 5.69 Å². The second-order valence-electron chi connectivity index (χ2n) is 5.50. The van der Waals surface area contributed by atoms with Gasteiger partial charge in [0.05, 0.1) is 11.4 Å². The van der Waals surface area contributed by atoms with Gasteiger partial charge in [0.25, 0.3) is 0 Å². The maximum Gasteiger partial charge on any atom is 0.229 e. The number of hydrogen-bond donors (Lipinski definition) is 1. The Bertz CT molecular complexity index is 423. The van der Waals surface area contributed by atoms with Gasteiger partial charge in [-0.25, -0.2) is 0 Å². The van der Waals surface area contributed by atoms with E-state index in [0.717, 1.165) is 18.5 Å². The molecule has 2 N–H and O–H groups in total. The van der Waals surface area contributed by atoms with E-state index in [1.165, 1.54) is 32.1 Å². The molecule has 0 saturated heterocycles. The van der Waals surface area contributed by atoms with Gasteiger partial charge in [-0.3, -0.25) is 4.79 Å². The van der Waals surface area contributed by atoms with Crippen molar-refractivity contribution in [3.8, 4) is 0 Å². The average molecular weight is 260 g/mol. The van der Waals surface area contributed by atoms with Gasteiger partial charge in [-0.15, -0.1) is 0 Å². The van der Waals surface area contributed by atoms with Crippen LogP contribution in [0.5, 0.6) is 0 Å². The van der Waals surface area contributed by atoms with Crippen LogP contribution in [0.25, 0.3) is 0 Å². The number of nitrogens with zero attached hydrogens (tertiary/aromatic N) is 1. The van der Waals surface area contributed by atoms with Gasteiger partial charge in [0, 0.05) is 13.0 Å². The molecule has 104 valence electrons. The van der Waals surface area contributed by atoms with Gasteiger partial charge in [0.1, 0.15) is 0 Å². The third-order valence-electron chi connectivity index (χ3n) is 4.08. The first-order valence-electron chi connectivity index (χ1n) is 7.32. The Hall–Kier alpha value is -1.51. The predicted molar refractivity (Wildman–Crippen MR) is 80.1 cm³/mol. The molecule has 0 spiro atoms. The van der Waals surface area contributed by atoms with Gasteiger partial charge >= 0.3 is 0 Å². The lowest BCUT2D eigenvalue weighted by Crippen LogP contribution is -2.33. The highest BCUT2D eigenvalue weighted by Gasteiger charge is 2.24. The summed E-state index contributed by atoms with van der Waals surface area (Å²) in [5, 5.41) is 0. The molecule has 0 atom stereocenters. The molecule has 0 unspecified atom stereocenters. The van der Waals surface area contributed by atoms with Crippen LogP contribution in [-0.4, -0.2) is 13.0 Å². The number of hydrogen-bond acceptors (Lipinski definition) is 2. The van der Waals surface area contributed by atoms with Crippen molar-refractivity contribution >= 4 is 17.3 Å². The van der Waals surface area contributed by atoms with Gasteiger partial charge in [-0.05, 0) is 25.0 Å². The molecule has 1 fully saturated rings. The van der Waals surface area contributed by atoms with Crippen LogP contribution in [0, 0.1) is 5.92 Å². The van der Waals surface area contributed by atoms with E-state index in [-0.39, 0.29) is 11.8 Å². The van der Waals surface area contributed by atoms with Crippen LogP contribution < -0.4 is 10.6 Å². The minimum absolute atomic E-state index is 0.171. The largest absolute Gasteiger partial charge is 0.397 e. The molecular formula is C16H24N2O. The topological polar surface area (TPSA) is 46.3 Å². The Morgan fingerprint density at radius 2 is 1.68 bits per heavy atom. The molecule has 0 aliphatic heterocycles. The zero-order valence-corrected chi connectivity index (χ0v) is 11.8. The van der Waals surface area contributed by atoms with Gasteiger partial charge < -0.3 is 10.6 Å². The fourth-order valence-electron chi connectivity index (χ4n) is 2.89. The van der Waals surface area contributed by atoms with E-state index < -0.39 is 0 Å². The minimum Gasteiger partial charge on any atom is -0.397 e. The zero-order chi connectivity index (χ0) is 13.7. The molecule has 1 aliphatic carbocycles. The van der Waals surface area contributed by atoms with Crippen molar-refractivity contribution in [1.29, 1.82) is 0 Å². The monoisotopic (exact) mass is 260 g/mol. The van der Waals surface area contributed by atoms with Gasteiger partial charge in [-0.2, -0.15) is 0 Å². The summed E-state index contributed by atoms with van der Waals surface area (Å²) < 4.78 is 0. The average Bonchev–Trinajstić information content (AvgIpc) is 2.37. The van der Waals surface area contributed by atoms with E-state index in [1.54, 1.807) is 4.90 Å². The Morgan fingerprint density at radius 1 is 1.11 bits per heavy atom. The number of benzene rings is 1. The number of anilines is 2. The second kappa shape index (κ2) is 6.60. The maximum atomic E-state index is 12.6. The molecule has 0 bridgehead atoms. The fraction of sp³-hybridized carbons (Fsp3) is 0.562. The van der Waals surface area contributed by atoms with Crippen molar-refractivity contribution in [3.05, 3.63) is 24.3 Å². The molecule has 1 amide bonds. The molecule has 1 saturated carbocycles. The Labute approximate surface area is 115 Å². The van der Waals surface area contributed by atoms with Crippen molar-refractivity contribution in [3.63, 3.8) is 0 Å². The number of carbonyl (C=O) groups is 1. The maximum absolute atomic E-state index is 12.6.